The summed E-state index contributed by atoms with van der Waals surface area (Å²) >= 11 is 0. The van der Waals surface area contributed by atoms with Gasteiger partial charge in [-0.3, -0.25) is 19.9 Å². The van der Waals surface area contributed by atoms with Crippen molar-refractivity contribution in [2.24, 2.45) is 0 Å². The molecule has 0 spiro atoms. The smallest absolute Gasteiger partial charge is 0.0528 e. The third-order valence-corrected chi connectivity index (χ3v) is 31.6. The van der Waals surface area contributed by atoms with Crippen LogP contribution in [0.3, 0.4) is 0 Å². The summed E-state index contributed by atoms with van der Waals surface area (Å²) in [5.41, 5.74) is 85.2. The highest BCUT2D eigenvalue weighted by atomic mass is 14.7. The lowest BCUT2D eigenvalue weighted by atomic mass is 9.93. The van der Waals surface area contributed by atoms with Gasteiger partial charge >= 0.3 is 0 Å². The van der Waals surface area contributed by atoms with Gasteiger partial charge in [-0.2, -0.15) is 0 Å². The second-order valence-electron chi connectivity index (χ2n) is 39.8. The summed E-state index contributed by atoms with van der Waals surface area (Å²) < 4.78 is 0. The number of aryl methyl sites for hydroxylation is 18. The molecule has 0 aliphatic heterocycles. The Morgan fingerprint density at radius 2 is 0.500 bits per heavy atom. The quantitative estimate of drug-likeness (QED) is 0.152. The number of pyridine rings is 4. The maximum absolute atomic E-state index is 4.51. The number of rotatable bonds is 0. The number of hydrogen-bond donors (Lipinski definition) is 0. The Hall–Kier alpha value is -12.8. The van der Waals surface area contributed by atoms with Crippen molar-refractivity contribution in [1.29, 1.82) is 0 Å². The standard InChI is InChI=1S/4C17H18.4C15H15N/c1-10-6-8-15-16(12(10)3)9-14-7-5-11(2)13(4)17(14)15;1-10-7-12(3)15-9-14-6-5-11(2)13(4)17(14)16(15)8-10;1-10-5-6-14-9-15-7-11(2)12(3)8-16(15)17(14)13(10)4;1-10-7-8-14-9-15-11(2)5-6-12(3)16(15)17(14)13(10)4;1-9-4-5-12-8-13-14(15(12)11(9)3)10(2)6-7-16-13;1-9-7-12-8-14-13(5-4-6-16-14)15(12)11(3)10(9)2;2*1-9-7-10(2)13-8-14-12(5-4-6-16-14)15(13)11(9)3/h4*5-8H,9H2,1-4H3;4*4-7H,8H2,1-3H3. The molecule has 12 aromatic carbocycles. The van der Waals surface area contributed by atoms with E-state index in [2.05, 4.69) is 365 Å². The van der Waals surface area contributed by atoms with Crippen molar-refractivity contribution in [1.82, 2.24) is 19.9 Å². The Kier molecular flexibility index (Phi) is 25.1. The summed E-state index contributed by atoms with van der Waals surface area (Å²) in [6.07, 6.45) is 16.0. The van der Waals surface area contributed by atoms with Crippen LogP contribution in [0.5, 0.6) is 0 Å². The molecule has 0 N–H and O–H groups in total. The van der Waals surface area contributed by atoms with Crippen molar-refractivity contribution in [2.75, 3.05) is 0 Å². The second-order valence-corrected chi connectivity index (χ2v) is 39.8. The summed E-state index contributed by atoms with van der Waals surface area (Å²) in [5.74, 6) is 0. The number of nitrogens with zero attached hydrogens (tertiary/aromatic N) is 4. The fraction of sp³-hybridized carbons (Fsp3) is 0.281. The van der Waals surface area contributed by atoms with E-state index in [0.29, 0.717) is 0 Å². The molecule has 132 heavy (non-hydrogen) atoms. The molecule has 4 aromatic heterocycles. The molecular weight excluding hydrogens is 1590 g/mol. The maximum atomic E-state index is 4.51. The summed E-state index contributed by atoms with van der Waals surface area (Å²) in [6.45, 7) is 62.0. The topological polar surface area (TPSA) is 51.6 Å². The van der Waals surface area contributed by atoms with Gasteiger partial charge in [-0.05, 0) is 528 Å². The first-order valence-corrected chi connectivity index (χ1v) is 48.0. The van der Waals surface area contributed by atoms with Crippen LogP contribution in [0.4, 0.5) is 0 Å². The van der Waals surface area contributed by atoms with E-state index >= 15 is 0 Å². The zero-order valence-electron chi connectivity index (χ0n) is 83.9. The molecule has 0 bridgehead atoms. The Morgan fingerprint density at radius 3 is 1.04 bits per heavy atom. The fourth-order valence-corrected chi connectivity index (χ4v) is 22.5. The third-order valence-electron chi connectivity index (χ3n) is 31.6. The first kappa shape index (κ1) is 91.1. The van der Waals surface area contributed by atoms with E-state index in [-0.39, 0.29) is 0 Å². The van der Waals surface area contributed by atoms with Crippen molar-refractivity contribution in [3.05, 3.63) is 440 Å². The molecule has 0 saturated heterocycles. The van der Waals surface area contributed by atoms with E-state index in [1.807, 2.05) is 43.0 Å². The van der Waals surface area contributed by atoms with Crippen LogP contribution in [0.25, 0.3) is 89.0 Å². The van der Waals surface area contributed by atoms with Gasteiger partial charge in [-0.1, -0.05) is 151 Å². The molecule has 4 nitrogen and oxygen atoms in total. The first-order valence-electron chi connectivity index (χ1n) is 48.0. The van der Waals surface area contributed by atoms with Crippen molar-refractivity contribution >= 4 is 0 Å². The predicted molar refractivity (Wildman–Crippen MR) is 561 cm³/mol. The molecule has 16 aromatic rings. The van der Waals surface area contributed by atoms with Gasteiger partial charge in [0.05, 0.1) is 22.8 Å². The average Bonchev–Trinajstić information content (AvgIpc) is 1.62. The predicted octanol–water partition coefficient (Wildman–Crippen LogP) is 32.3. The molecule has 0 radical (unpaired) electrons. The fourth-order valence-electron chi connectivity index (χ4n) is 22.5. The average molecular weight is 1730 g/mol. The Bertz CT molecular complexity index is 7320. The zero-order valence-corrected chi connectivity index (χ0v) is 83.9. The summed E-state index contributed by atoms with van der Waals surface area (Å²) in [6, 6.07) is 62.8. The highest BCUT2D eigenvalue weighted by molar-refractivity contribution is 5.89. The van der Waals surface area contributed by atoms with Crippen LogP contribution >= 0.6 is 0 Å². The number of benzene rings is 12. The van der Waals surface area contributed by atoms with Crippen molar-refractivity contribution in [3.63, 3.8) is 0 Å². The van der Waals surface area contributed by atoms with Crippen LogP contribution in [-0.2, 0) is 51.4 Å². The van der Waals surface area contributed by atoms with Crippen LogP contribution in [-0.4, -0.2) is 19.9 Å². The number of hydrogen-bond acceptors (Lipinski definition) is 4. The zero-order chi connectivity index (χ0) is 93.8. The van der Waals surface area contributed by atoms with Crippen molar-refractivity contribution in [3.8, 4) is 89.0 Å². The Labute approximate surface area is 788 Å². The minimum absolute atomic E-state index is 0.994. The summed E-state index contributed by atoms with van der Waals surface area (Å²) in [7, 11) is 0. The van der Waals surface area contributed by atoms with Gasteiger partial charge < -0.3 is 0 Å². The van der Waals surface area contributed by atoms with E-state index in [1.165, 1.54) is 334 Å². The molecule has 664 valence electrons. The minimum Gasteiger partial charge on any atom is -0.260 e. The lowest BCUT2D eigenvalue weighted by Gasteiger charge is -2.11. The molecular formula is C128H132N4. The largest absolute Gasteiger partial charge is 0.260 e. The highest BCUT2D eigenvalue weighted by Gasteiger charge is 2.32. The van der Waals surface area contributed by atoms with Gasteiger partial charge in [0.15, 0.2) is 0 Å². The molecule has 8 aliphatic rings. The molecule has 4 heterocycles. The van der Waals surface area contributed by atoms with Gasteiger partial charge in [0.25, 0.3) is 0 Å². The summed E-state index contributed by atoms with van der Waals surface area (Å²) in [5, 5.41) is 0. The van der Waals surface area contributed by atoms with Gasteiger partial charge in [0, 0.05) is 72.7 Å². The van der Waals surface area contributed by atoms with E-state index in [9.17, 15) is 0 Å². The molecule has 4 heteroatoms. The monoisotopic (exact) mass is 1730 g/mol. The molecule has 0 fully saturated rings. The lowest BCUT2D eigenvalue weighted by molar-refractivity contribution is 1.10. The summed E-state index contributed by atoms with van der Waals surface area (Å²) in [4.78, 5) is 18.0. The molecule has 24 rings (SSSR count). The van der Waals surface area contributed by atoms with Gasteiger partial charge in [-0.25, -0.2) is 0 Å². The highest BCUT2D eigenvalue weighted by Crippen LogP contribution is 2.50. The second kappa shape index (κ2) is 36.4. The molecule has 0 unspecified atom stereocenters. The van der Waals surface area contributed by atoms with Gasteiger partial charge in [0.1, 0.15) is 0 Å². The van der Waals surface area contributed by atoms with Crippen LogP contribution in [0.2, 0.25) is 0 Å². The van der Waals surface area contributed by atoms with Gasteiger partial charge in [0.2, 0.25) is 0 Å². The van der Waals surface area contributed by atoms with Crippen LogP contribution in [0.1, 0.15) is 245 Å². The number of aromatic nitrogens is 4. The van der Waals surface area contributed by atoms with Crippen LogP contribution in [0, 0.1) is 194 Å². The first-order chi connectivity index (χ1) is 63.1. The van der Waals surface area contributed by atoms with Crippen molar-refractivity contribution < 1.29 is 0 Å². The Balaban J connectivity index is 0.000000105. The number of fused-ring (bicyclic) bond motifs is 24. The SMILES string of the molecule is Cc1cc(C)c2c(c1)-c1c(ccc(C)c1C)C2.Cc1cc(C)c2c(c1C)-c1cccnc1C2.Cc1cc(C)c2c(c1C)-c1cccnc1C2.Cc1cc2c(c(C)c1C)-c1cccnc1C2.Cc1cc2c(cc1C)-c1c(ccc(C)c1C)C2.Cc1ccc2c(c1C)-c1c(C)ccc(C)c1C2.Cc1ccc2c(c1C)-c1c(C)ccnc1C2.Cc1ccc2c(c1C)Cc1ccc(C)c(C)c1-2. The normalized spacial score (nSPS) is 12.5. The lowest BCUT2D eigenvalue weighted by Crippen LogP contribution is -1.92. The van der Waals surface area contributed by atoms with Crippen LogP contribution < -0.4 is 0 Å². The van der Waals surface area contributed by atoms with E-state index in [4.69, 9.17) is 0 Å². The Morgan fingerprint density at radius 1 is 0.152 bits per heavy atom. The van der Waals surface area contributed by atoms with Crippen LogP contribution in [0.15, 0.2) is 195 Å². The van der Waals surface area contributed by atoms with E-state index in [0.717, 1.165) is 51.4 Å². The maximum Gasteiger partial charge on any atom is 0.0528 e. The minimum atomic E-state index is 0.994. The van der Waals surface area contributed by atoms with Crippen molar-refractivity contribution in [2.45, 2.75) is 245 Å². The van der Waals surface area contributed by atoms with Gasteiger partial charge in [-0.15, -0.1) is 0 Å². The van der Waals surface area contributed by atoms with E-state index in [1.54, 1.807) is 0 Å². The molecule has 0 atom stereocenters. The molecule has 8 aliphatic carbocycles. The third kappa shape index (κ3) is 16.6. The molecule has 0 saturated carbocycles. The van der Waals surface area contributed by atoms with E-state index < -0.39 is 0 Å². The molecule has 0 amide bonds.